The summed E-state index contributed by atoms with van der Waals surface area (Å²) in [5.74, 6) is 0.209. The first-order valence-corrected chi connectivity index (χ1v) is 6.60. The fraction of sp³-hybridized carbons (Fsp3) is 0.385. The number of anilines is 1. The predicted octanol–water partition coefficient (Wildman–Crippen LogP) is 0.00600. The summed E-state index contributed by atoms with van der Waals surface area (Å²) in [5, 5.41) is 0. The van der Waals surface area contributed by atoms with Gasteiger partial charge in [0.25, 0.3) is 5.91 Å². The molecular weight excluding hydrogens is 272 g/mol. The van der Waals surface area contributed by atoms with Gasteiger partial charge >= 0.3 is 0 Å². The van der Waals surface area contributed by atoms with Crippen LogP contribution in [0.1, 0.15) is 22.3 Å². The maximum atomic E-state index is 12.4. The van der Waals surface area contributed by atoms with E-state index < -0.39 is 0 Å². The summed E-state index contributed by atoms with van der Waals surface area (Å²) < 4.78 is 7.41. The molecule has 0 saturated carbocycles. The van der Waals surface area contributed by atoms with Gasteiger partial charge in [-0.05, 0) is 0 Å². The van der Waals surface area contributed by atoms with Crippen molar-refractivity contribution in [2.24, 2.45) is 7.05 Å². The Bertz CT molecular complexity index is 656. The van der Waals surface area contributed by atoms with E-state index >= 15 is 0 Å². The molecular formula is C13H16N6O2. The number of aryl methyl sites for hydroxylation is 1. The lowest BCUT2D eigenvalue weighted by atomic mass is 10.2. The van der Waals surface area contributed by atoms with Crippen molar-refractivity contribution in [1.82, 2.24) is 24.4 Å². The van der Waals surface area contributed by atoms with Crippen molar-refractivity contribution >= 4 is 11.7 Å². The Kier molecular flexibility index (Phi) is 3.53. The lowest BCUT2D eigenvalue weighted by Gasteiger charge is -2.32. The number of nitrogens with two attached hydrogens (primary N) is 1. The molecule has 21 heavy (non-hydrogen) atoms. The number of nitrogen functional groups attached to an aromatic ring is 1. The summed E-state index contributed by atoms with van der Waals surface area (Å²) in [6.07, 6.45) is 6.03. The van der Waals surface area contributed by atoms with Crippen LogP contribution in [-0.4, -0.2) is 50.0 Å². The van der Waals surface area contributed by atoms with E-state index in [0.717, 1.165) is 0 Å². The molecule has 0 radical (unpaired) electrons. The van der Waals surface area contributed by atoms with Crippen LogP contribution in [0.5, 0.6) is 0 Å². The summed E-state index contributed by atoms with van der Waals surface area (Å²) in [6, 6.07) is 0. The van der Waals surface area contributed by atoms with Gasteiger partial charge in [0.05, 0.1) is 19.5 Å². The molecule has 1 aliphatic heterocycles. The number of hydrogen-bond acceptors (Lipinski definition) is 6. The summed E-state index contributed by atoms with van der Waals surface area (Å²) in [4.78, 5) is 26.4. The van der Waals surface area contributed by atoms with Crippen molar-refractivity contribution in [3.05, 3.63) is 36.3 Å². The summed E-state index contributed by atoms with van der Waals surface area (Å²) in [6.45, 7) is 1.34. The Morgan fingerprint density at radius 3 is 2.90 bits per heavy atom. The van der Waals surface area contributed by atoms with Crippen molar-refractivity contribution in [1.29, 1.82) is 0 Å². The molecule has 8 heteroatoms. The van der Waals surface area contributed by atoms with Gasteiger partial charge in [-0.3, -0.25) is 9.78 Å². The molecule has 0 unspecified atom stereocenters. The maximum Gasteiger partial charge on any atom is 0.274 e. The van der Waals surface area contributed by atoms with E-state index in [2.05, 4.69) is 15.0 Å². The van der Waals surface area contributed by atoms with Crippen LogP contribution in [0.3, 0.4) is 0 Å². The average molecular weight is 288 g/mol. The maximum absolute atomic E-state index is 12.4. The number of imidazole rings is 1. The highest BCUT2D eigenvalue weighted by molar-refractivity contribution is 5.92. The quantitative estimate of drug-likeness (QED) is 0.835. The zero-order chi connectivity index (χ0) is 14.8. The van der Waals surface area contributed by atoms with Crippen molar-refractivity contribution in [3.8, 4) is 0 Å². The number of rotatable bonds is 2. The third kappa shape index (κ3) is 2.70. The molecule has 110 valence electrons. The molecule has 3 rings (SSSR count). The minimum atomic E-state index is -0.361. The second kappa shape index (κ2) is 5.49. The van der Waals surface area contributed by atoms with Crippen molar-refractivity contribution in [2.45, 2.75) is 6.10 Å². The van der Waals surface area contributed by atoms with Gasteiger partial charge in [-0.1, -0.05) is 0 Å². The summed E-state index contributed by atoms with van der Waals surface area (Å²) in [5.41, 5.74) is 6.80. The van der Waals surface area contributed by atoms with Gasteiger partial charge in [-0.15, -0.1) is 0 Å². The van der Waals surface area contributed by atoms with Crippen LogP contribution in [0.15, 0.2) is 24.9 Å². The zero-order valence-electron chi connectivity index (χ0n) is 11.6. The number of aromatic nitrogens is 4. The smallest absolute Gasteiger partial charge is 0.274 e. The van der Waals surface area contributed by atoms with Crippen LogP contribution in [0.25, 0.3) is 0 Å². The molecule has 2 N–H and O–H groups in total. The van der Waals surface area contributed by atoms with Gasteiger partial charge in [-0.2, -0.15) is 0 Å². The fourth-order valence-corrected chi connectivity index (χ4v) is 2.29. The minimum Gasteiger partial charge on any atom is -0.382 e. The van der Waals surface area contributed by atoms with Gasteiger partial charge in [0.2, 0.25) is 0 Å². The normalized spacial score (nSPS) is 18.7. The van der Waals surface area contributed by atoms with Crippen LogP contribution in [0.4, 0.5) is 5.82 Å². The highest BCUT2D eigenvalue weighted by Crippen LogP contribution is 2.24. The van der Waals surface area contributed by atoms with Gasteiger partial charge in [0, 0.05) is 32.2 Å². The van der Waals surface area contributed by atoms with E-state index in [1.54, 1.807) is 28.2 Å². The number of amides is 1. The first-order valence-electron chi connectivity index (χ1n) is 6.60. The fourth-order valence-electron chi connectivity index (χ4n) is 2.29. The number of carbonyl (C=O) groups is 1. The Labute approximate surface area is 121 Å². The number of hydrogen-bond donors (Lipinski definition) is 1. The first-order chi connectivity index (χ1) is 10.1. The summed E-state index contributed by atoms with van der Waals surface area (Å²) >= 11 is 0. The van der Waals surface area contributed by atoms with Gasteiger partial charge in [0.1, 0.15) is 23.3 Å². The molecule has 3 heterocycles. The third-order valence-electron chi connectivity index (χ3n) is 3.34. The number of morpholine rings is 1. The molecule has 0 spiro atoms. The van der Waals surface area contributed by atoms with Crippen LogP contribution >= 0.6 is 0 Å². The molecule has 1 fully saturated rings. The van der Waals surface area contributed by atoms with Crippen LogP contribution < -0.4 is 5.73 Å². The zero-order valence-corrected chi connectivity index (χ0v) is 11.6. The minimum absolute atomic E-state index is 0.119. The van der Waals surface area contributed by atoms with Crippen LogP contribution in [0, 0.1) is 0 Å². The molecule has 1 atom stereocenters. The molecule has 2 aromatic heterocycles. The monoisotopic (exact) mass is 288 g/mol. The van der Waals surface area contributed by atoms with E-state index in [1.165, 1.54) is 6.20 Å². The largest absolute Gasteiger partial charge is 0.382 e. The van der Waals surface area contributed by atoms with E-state index in [9.17, 15) is 4.79 Å². The lowest BCUT2D eigenvalue weighted by molar-refractivity contribution is -0.0246. The molecule has 1 amide bonds. The van der Waals surface area contributed by atoms with Crippen LogP contribution in [-0.2, 0) is 11.8 Å². The third-order valence-corrected chi connectivity index (χ3v) is 3.34. The van der Waals surface area contributed by atoms with Crippen LogP contribution in [0.2, 0.25) is 0 Å². The van der Waals surface area contributed by atoms with Gasteiger partial charge in [-0.25, -0.2) is 9.97 Å². The summed E-state index contributed by atoms with van der Waals surface area (Å²) in [7, 11) is 1.83. The standard InChI is InChI=1S/C13H16N6O2/c1-18-6-9(17-8-18)13(20)19-4-5-21-10(7-19)11-12(14)16-3-2-15-11/h2-3,6,8,10H,4-5,7H2,1H3,(H2,14,16)/t10-/m0/s1. The number of ether oxygens (including phenoxy) is 1. The molecule has 1 aliphatic rings. The van der Waals surface area contributed by atoms with E-state index in [-0.39, 0.29) is 12.0 Å². The van der Waals surface area contributed by atoms with Gasteiger partial charge < -0.3 is 19.9 Å². The molecule has 0 aromatic carbocycles. The second-order valence-electron chi connectivity index (χ2n) is 4.86. The van der Waals surface area contributed by atoms with Crippen molar-refractivity contribution in [3.63, 3.8) is 0 Å². The predicted molar refractivity (Wildman–Crippen MR) is 74.2 cm³/mol. The van der Waals surface area contributed by atoms with E-state index in [0.29, 0.717) is 36.9 Å². The Morgan fingerprint density at radius 1 is 1.38 bits per heavy atom. The highest BCUT2D eigenvalue weighted by atomic mass is 16.5. The first kappa shape index (κ1) is 13.5. The van der Waals surface area contributed by atoms with Gasteiger partial charge in [0.15, 0.2) is 0 Å². The molecule has 0 aliphatic carbocycles. The topological polar surface area (TPSA) is 99.2 Å². The number of carbonyl (C=O) groups excluding carboxylic acids is 1. The Morgan fingerprint density at radius 2 is 2.19 bits per heavy atom. The number of nitrogens with zero attached hydrogens (tertiary/aromatic N) is 5. The average Bonchev–Trinajstić information content (AvgIpc) is 2.94. The van der Waals surface area contributed by atoms with E-state index in [1.807, 2.05) is 7.05 Å². The second-order valence-corrected chi connectivity index (χ2v) is 4.86. The molecule has 1 saturated heterocycles. The Balaban J connectivity index is 1.77. The molecule has 0 bridgehead atoms. The van der Waals surface area contributed by atoms with Crippen molar-refractivity contribution < 1.29 is 9.53 Å². The van der Waals surface area contributed by atoms with E-state index in [4.69, 9.17) is 10.5 Å². The van der Waals surface area contributed by atoms with Crippen molar-refractivity contribution in [2.75, 3.05) is 25.4 Å². The molecule has 2 aromatic rings. The Hall–Kier alpha value is -2.48. The highest BCUT2D eigenvalue weighted by Gasteiger charge is 2.29. The SMILES string of the molecule is Cn1cnc(C(=O)N2CCO[C@H](c3nccnc3N)C2)c1. The molecule has 8 nitrogen and oxygen atoms in total. The lowest BCUT2D eigenvalue weighted by Crippen LogP contribution is -2.42.